The molecule has 1 aromatic carbocycles. The first-order valence-electron chi connectivity index (χ1n) is 6.47. The van der Waals surface area contributed by atoms with E-state index in [1.165, 1.54) is 11.0 Å². The minimum Gasteiger partial charge on any atom is -0.480 e. The normalized spacial score (nSPS) is 11.3. The summed E-state index contributed by atoms with van der Waals surface area (Å²) in [7, 11) is -3.63. The lowest BCUT2D eigenvalue weighted by atomic mass is 10.3. The average molecular weight is 300 g/mol. The van der Waals surface area contributed by atoms with Gasteiger partial charge in [-0.25, -0.2) is 13.1 Å². The summed E-state index contributed by atoms with van der Waals surface area (Å²) in [6, 6.07) is 6.42. The minimum absolute atomic E-state index is 0.108. The van der Waals surface area contributed by atoms with Crippen molar-refractivity contribution >= 4 is 21.7 Å². The predicted octanol–water partition coefficient (Wildman–Crippen LogP) is 1.29. The highest BCUT2D eigenvalue weighted by Gasteiger charge is 2.21. The molecule has 0 aromatic heterocycles. The molecule has 0 aliphatic carbocycles. The SMILES string of the molecule is CCCNS(=O)(=O)c1ccccc1N(CC)CC(=O)O. The standard InChI is InChI=1S/C13H20N2O4S/c1-3-9-14-20(18,19)12-8-6-5-7-11(12)15(4-2)10-13(16)17/h5-8,14H,3-4,9-10H2,1-2H3,(H,16,17). The number of carboxylic acid groups (broad SMARTS) is 1. The highest BCUT2D eigenvalue weighted by atomic mass is 32.2. The maximum absolute atomic E-state index is 12.2. The number of rotatable bonds is 8. The molecule has 0 fully saturated rings. The van der Waals surface area contributed by atoms with Crippen LogP contribution in [-0.4, -0.2) is 39.1 Å². The van der Waals surface area contributed by atoms with Gasteiger partial charge in [0.1, 0.15) is 11.4 Å². The maximum Gasteiger partial charge on any atom is 0.323 e. The Morgan fingerprint density at radius 2 is 1.95 bits per heavy atom. The summed E-state index contributed by atoms with van der Waals surface area (Å²) < 4.78 is 27.0. The maximum atomic E-state index is 12.2. The summed E-state index contributed by atoms with van der Waals surface area (Å²) in [5, 5.41) is 8.90. The number of carbonyl (C=O) groups is 1. The first-order valence-corrected chi connectivity index (χ1v) is 7.96. The quantitative estimate of drug-likeness (QED) is 0.755. The molecule has 0 atom stereocenters. The van der Waals surface area contributed by atoms with Crippen LogP contribution in [0.25, 0.3) is 0 Å². The number of nitrogens with zero attached hydrogens (tertiary/aromatic N) is 1. The molecular formula is C13H20N2O4S. The van der Waals surface area contributed by atoms with Crippen LogP contribution in [0.5, 0.6) is 0 Å². The first-order chi connectivity index (χ1) is 9.42. The Hall–Kier alpha value is -1.60. The van der Waals surface area contributed by atoms with E-state index in [2.05, 4.69) is 4.72 Å². The Kier molecular flexibility index (Phi) is 5.97. The number of hydrogen-bond donors (Lipinski definition) is 2. The number of likely N-dealkylation sites (N-methyl/N-ethyl adjacent to an activating group) is 1. The van der Waals surface area contributed by atoms with E-state index >= 15 is 0 Å². The summed E-state index contributed by atoms with van der Waals surface area (Å²) in [5.41, 5.74) is 0.404. The van der Waals surface area contributed by atoms with Crippen LogP contribution in [0, 0.1) is 0 Å². The van der Waals surface area contributed by atoms with Crippen LogP contribution in [0.2, 0.25) is 0 Å². The molecule has 0 unspecified atom stereocenters. The summed E-state index contributed by atoms with van der Waals surface area (Å²) in [6.45, 7) is 4.17. The molecule has 6 nitrogen and oxygen atoms in total. The highest BCUT2D eigenvalue weighted by molar-refractivity contribution is 7.89. The molecule has 0 heterocycles. The molecule has 20 heavy (non-hydrogen) atoms. The zero-order valence-electron chi connectivity index (χ0n) is 11.7. The molecule has 1 rings (SSSR count). The second-order valence-electron chi connectivity index (χ2n) is 4.27. The molecule has 2 N–H and O–H groups in total. The molecule has 0 bridgehead atoms. The molecule has 0 amide bonds. The Morgan fingerprint density at radius 3 is 2.50 bits per heavy atom. The van der Waals surface area contributed by atoms with Crippen LogP contribution in [0.15, 0.2) is 29.2 Å². The Labute approximate surface area is 119 Å². The van der Waals surface area contributed by atoms with Gasteiger partial charge in [-0.15, -0.1) is 0 Å². The molecule has 0 saturated carbocycles. The fourth-order valence-corrected chi connectivity index (χ4v) is 3.15. The predicted molar refractivity (Wildman–Crippen MR) is 77.4 cm³/mol. The number of para-hydroxylation sites is 1. The van der Waals surface area contributed by atoms with Crippen LogP contribution in [0.3, 0.4) is 0 Å². The van der Waals surface area contributed by atoms with Crippen molar-refractivity contribution < 1.29 is 18.3 Å². The topological polar surface area (TPSA) is 86.7 Å². The van der Waals surface area contributed by atoms with Crippen LogP contribution >= 0.6 is 0 Å². The van der Waals surface area contributed by atoms with Crippen LogP contribution in [0.4, 0.5) is 5.69 Å². The third-order valence-corrected chi connectivity index (χ3v) is 4.25. The van der Waals surface area contributed by atoms with Gasteiger partial charge in [0.15, 0.2) is 0 Å². The Morgan fingerprint density at radius 1 is 1.30 bits per heavy atom. The van der Waals surface area contributed by atoms with E-state index in [1.807, 2.05) is 6.92 Å². The summed E-state index contributed by atoms with van der Waals surface area (Å²) in [6.07, 6.45) is 0.689. The summed E-state index contributed by atoms with van der Waals surface area (Å²) in [4.78, 5) is 12.5. The number of carboxylic acids is 1. The number of hydrogen-bond acceptors (Lipinski definition) is 4. The van der Waals surface area contributed by atoms with Crippen molar-refractivity contribution in [3.05, 3.63) is 24.3 Å². The molecular weight excluding hydrogens is 280 g/mol. The molecule has 0 aliphatic rings. The van der Waals surface area contributed by atoms with E-state index < -0.39 is 16.0 Å². The lowest BCUT2D eigenvalue weighted by Gasteiger charge is -2.23. The Balaban J connectivity index is 3.18. The molecule has 7 heteroatoms. The fourth-order valence-electron chi connectivity index (χ4n) is 1.79. The van der Waals surface area contributed by atoms with Crippen LogP contribution in [0.1, 0.15) is 20.3 Å². The van der Waals surface area contributed by atoms with Crippen molar-refractivity contribution in [3.63, 3.8) is 0 Å². The second kappa shape index (κ2) is 7.25. The summed E-state index contributed by atoms with van der Waals surface area (Å²) in [5.74, 6) is -0.999. The molecule has 112 valence electrons. The molecule has 0 saturated heterocycles. The van der Waals surface area contributed by atoms with Gasteiger partial charge in [-0.1, -0.05) is 19.1 Å². The van der Waals surface area contributed by atoms with E-state index in [0.29, 0.717) is 25.2 Å². The van der Waals surface area contributed by atoms with Crippen molar-refractivity contribution in [2.45, 2.75) is 25.2 Å². The molecule has 0 spiro atoms. The smallest absolute Gasteiger partial charge is 0.323 e. The third-order valence-electron chi connectivity index (χ3n) is 2.75. The average Bonchev–Trinajstić information content (AvgIpc) is 2.42. The van der Waals surface area contributed by atoms with Crippen LogP contribution in [-0.2, 0) is 14.8 Å². The second-order valence-corrected chi connectivity index (χ2v) is 6.01. The van der Waals surface area contributed by atoms with Crippen molar-refractivity contribution in [1.29, 1.82) is 0 Å². The van der Waals surface area contributed by atoms with Crippen molar-refractivity contribution in [1.82, 2.24) is 4.72 Å². The van der Waals surface area contributed by atoms with Crippen molar-refractivity contribution in [2.24, 2.45) is 0 Å². The van der Waals surface area contributed by atoms with Gasteiger partial charge in [-0.05, 0) is 25.5 Å². The van der Waals surface area contributed by atoms with Gasteiger partial charge in [-0.3, -0.25) is 4.79 Å². The number of anilines is 1. The van der Waals surface area contributed by atoms with E-state index in [1.54, 1.807) is 25.1 Å². The molecule has 0 aliphatic heterocycles. The van der Waals surface area contributed by atoms with Crippen molar-refractivity contribution in [2.75, 3.05) is 24.5 Å². The van der Waals surface area contributed by atoms with Gasteiger partial charge in [0.25, 0.3) is 0 Å². The van der Waals surface area contributed by atoms with E-state index in [0.717, 1.165) is 0 Å². The van der Waals surface area contributed by atoms with E-state index in [-0.39, 0.29) is 11.4 Å². The van der Waals surface area contributed by atoms with Crippen LogP contribution < -0.4 is 9.62 Å². The zero-order chi connectivity index (χ0) is 15.2. The summed E-state index contributed by atoms with van der Waals surface area (Å²) >= 11 is 0. The van der Waals surface area contributed by atoms with Gasteiger partial charge in [0.2, 0.25) is 10.0 Å². The first kappa shape index (κ1) is 16.5. The van der Waals surface area contributed by atoms with Gasteiger partial charge < -0.3 is 10.0 Å². The largest absolute Gasteiger partial charge is 0.480 e. The lowest BCUT2D eigenvalue weighted by Crippen LogP contribution is -2.32. The number of benzene rings is 1. The molecule has 1 aromatic rings. The van der Waals surface area contributed by atoms with Gasteiger partial charge in [-0.2, -0.15) is 0 Å². The van der Waals surface area contributed by atoms with E-state index in [4.69, 9.17) is 5.11 Å². The Bertz CT molecular complexity index is 557. The fraction of sp³-hybridized carbons (Fsp3) is 0.462. The number of sulfonamides is 1. The number of nitrogens with one attached hydrogen (secondary N) is 1. The van der Waals surface area contributed by atoms with Gasteiger partial charge in [0, 0.05) is 13.1 Å². The highest BCUT2D eigenvalue weighted by Crippen LogP contribution is 2.24. The lowest BCUT2D eigenvalue weighted by molar-refractivity contribution is -0.135. The minimum atomic E-state index is -3.63. The number of aliphatic carboxylic acids is 1. The zero-order valence-corrected chi connectivity index (χ0v) is 12.5. The van der Waals surface area contributed by atoms with Crippen molar-refractivity contribution in [3.8, 4) is 0 Å². The van der Waals surface area contributed by atoms with Gasteiger partial charge >= 0.3 is 5.97 Å². The molecule has 0 radical (unpaired) electrons. The van der Waals surface area contributed by atoms with E-state index in [9.17, 15) is 13.2 Å². The van der Waals surface area contributed by atoms with Gasteiger partial charge in [0.05, 0.1) is 5.69 Å². The third kappa shape index (κ3) is 4.21. The monoisotopic (exact) mass is 300 g/mol.